The van der Waals surface area contributed by atoms with Gasteiger partial charge >= 0.3 is 0 Å². The molecule has 1 nitrogen and oxygen atoms in total. The first kappa shape index (κ1) is 8.44. The van der Waals surface area contributed by atoms with Crippen LogP contribution in [0.25, 0.3) is 0 Å². The molecular formula is C8H13O. The summed E-state index contributed by atoms with van der Waals surface area (Å²) >= 11 is 0. The molecule has 0 rings (SSSR count). The van der Waals surface area contributed by atoms with Crippen LogP contribution in [0.4, 0.5) is 0 Å². The molecule has 9 heavy (non-hydrogen) atoms. The largest absolute Gasteiger partial charge is 0.392 e. The fourth-order valence-corrected chi connectivity index (χ4v) is 0.466. The highest BCUT2D eigenvalue weighted by atomic mass is 16.2. The minimum absolute atomic E-state index is 0.0972. The average molecular weight is 125 g/mol. The van der Waals surface area contributed by atoms with Crippen molar-refractivity contribution < 1.29 is 5.11 Å². The molecule has 0 bridgehead atoms. The van der Waals surface area contributed by atoms with Gasteiger partial charge in [0.15, 0.2) is 0 Å². The fraction of sp³-hybridized carbons (Fsp3) is 0.500. The summed E-state index contributed by atoms with van der Waals surface area (Å²) in [6, 6.07) is 0. The molecule has 0 saturated heterocycles. The van der Waals surface area contributed by atoms with Crippen LogP contribution >= 0.6 is 0 Å². The predicted octanol–water partition coefficient (Wildman–Crippen LogP) is 1.69. The summed E-state index contributed by atoms with van der Waals surface area (Å²) in [4.78, 5) is 0. The summed E-state index contributed by atoms with van der Waals surface area (Å²) in [5.41, 5.74) is 0. The second-order valence-corrected chi connectivity index (χ2v) is 1.67. The lowest BCUT2D eigenvalue weighted by Gasteiger charge is -1.78. The topological polar surface area (TPSA) is 20.2 Å². The van der Waals surface area contributed by atoms with E-state index in [1.807, 2.05) is 6.08 Å². The molecule has 0 amide bonds. The van der Waals surface area contributed by atoms with E-state index in [4.69, 9.17) is 5.11 Å². The van der Waals surface area contributed by atoms with Gasteiger partial charge in [0, 0.05) is 0 Å². The predicted molar refractivity (Wildman–Crippen MR) is 38.9 cm³/mol. The van der Waals surface area contributed by atoms with Crippen molar-refractivity contribution in [1.29, 1.82) is 0 Å². The molecule has 0 aromatic carbocycles. The Morgan fingerprint density at radius 3 is 2.78 bits per heavy atom. The highest BCUT2D eigenvalue weighted by molar-refractivity contribution is 4.86. The van der Waals surface area contributed by atoms with Crippen molar-refractivity contribution in [2.24, 2.45) is 0 Å². The van der Waals surface area contributed by atoms with Gasteiger partial charge in [-0.2, -0.15) is 0 Å². The molecule has 0 fully saturated rings. The Bertz CT molecular complexity index is 80.7. The quantitative estimate of drug-likeness (QED) is 0.567. The molecule has 0 unspecified atom stereocenters. The van der Waals surface area contributed by atoms with Gasteiger partial charge in [0.25, 0.3) is 0 Å². The highest BCUT2D eigenvalue weighted by Crippen LogP contribution is 1.85. The van der Waals surface area contributed by atoms with Gasteiger partial charge in [-0.1, -0.05) is 25.2 Å². The van der Waals surface area contributed by atoms with E-state index < -0.39 is 0 Å². The zero-order valence-electron chi connectivity index (χ0n) is 5.80. The Labute approximate surface area is 56.7 Å². The Morgan fingerprint density at radius 2 is 2.22 bits per heavy atom. The maximum Gasteiger partial charge on any atom is 0.0618 e. The van der Waals surface area contributed by atoms with E-state index in [1.54, 1.807) is 6.08 Å². The van der Waals surface area contributed by atoms with Gasteiger partial charge in [0.1, 0.15) is 0 Å². The van der Waals surface area contributed by atoms with Crippen LogP contribution in [-0.2, 0) is 0 Å². The smallest absolute Gasteiger partial charge is 0.0618 e. The van der Waals surface area contributed by atoms with E-state index in [0.717, 1.165) is 12.8 Å². The summed E-state index contributed by atoms with van der Waals surface area (Å²) in [5.74, 6) is 0. The molecule has 0 aliphatic carbocycles. The van der Waals surface area contributed by atoms with E-state index in [9.17, 15) is 0 Å². The maximum atomic E-state index is 8.28. The third-order valence-corrected chi connectivity index (χ3v) is 0.874. The van der Waals surface area contributed by atoms with Crippen LogP contribution in [0.1, 0.15) is 19.8 Å². The number of hydrogen-bond donors (Lipinski definition) is 1. The van der Waals surface area contributed by atoms with Crippen LogP contribution in [0.5, 0.6) is 0 Å². The molecular weight excluding hydrogens is 112 g/mol. The minimum Gasteiger partial charge on any atom is -0.392 e. The van der Waals surface area contributed by atoms with Gasteiger partial charge < -0.3 is 5.11 Å². The number of rotatable bonds is 4. The van der Waals surface area contributed by atoms with Gasteiger partial charge in [-0.25, -0.2) is 0 Å². The van der Waals surface area contributed by atoms with Crippen molar-refractivity contribution in [3.8, 4) is 0 Å². The lowest BCUT2D eigenvalue weighted by molar-refractivity contribution is 0.342. The molecule has 1 N–H and O–H groups in total. The minimum atomic E-state index is 0.0972. The number of aliphatic hydroxyl groups is 1. The molecule has 51 valence electrons. The van der Waals surface area contributed by atoms with Crippen molar-refractivity contribution in [1.82, 2.24) is 0 Å². The first-order valence-corrected chi connectivity index (χ1v) is 3.22. The van der Waals surface area contributed by atoms with Gasteiger partial charge in [0.2, 0.25) is 0 Å². The van der Waals surface area contributed by atoms with E-state index in [2.05, 4.69) is 19.1 Å². The van der Waals surface area contributed by atoms with Crippen LogP contribution in [0.15, 0.2) is 18.2 Å². The normalized spacial score (nSPS) is 11.8. The van der Waals surface area contributed by atoms with Crippen LogP contribution in [-0.4, -0.2) is 11.7 Å². The molecule has 0 aromatic heterocycles. The Balaban J connectivity index is 3.08. The van der Waals surface area contributed by atoms with Gasteiger partial charge in [-0.05, 0) is 18.9 Å². The molecule has 0 aromatic rings. The molecule has 1 heteroatoms. The van der Waals surface area contributed by atoms with Crippen LogP contribution in [0.3, 0.4) is 0 Å². The average Bonchev–Trinajstić information content (AvgIpc) is 1.89. The van der Waals surface area contributed by atoms with Gasteiger partial charge in [-0.3, -0.25) is 0 Å². The zero-order chi connectivity index (χ0) is 6.95. The van der Waals surface area contributed by atoms with E-state index in [-0.39, 0.29) is 6.61 Å². The first-order chi connectivity index (χ1) is 4.41. The number of aliphatic hydroxyl groups excluding tert-OH is 1. The summed E-state index contributed by atoms with van der Waals surface area (Å²) < 4.78 is 0. The van der Waals surface area contributed by atoms with E-state index >= 15 is 0 Å². The molecule has 0 aliphatic heterocycles. The lowest BCUT2D eigenvalue weighted by Crippen LogP contribution is -1.69. The highest BCUT2D eigenvalue weighted by Gasteiger charge is 1.69. The third kappa shape index (κ3) is 7.44. The van der Waals surface area contributed by atoms with Crippen molar-refractivity contribution in [3.05, 3.63) is 24.3 Å². The molecule has 0 heterocycles. The first-order valence-electron chi connectivity index (χ1n) is 3.22. The van der Waals surface area contributed by atoms with E-state index in [1.165, 1.54) is 0 Å². The number of allylic oxidation sites excluding steroid dienone is 3. The van der Waals surface area contributed by atoms with Crippen molar-refractivity contribution in [3.63, 3.8) is 0 Å². The second-order valence-electron chi connectivity index (χ2n) is 1.67. The zero-order valence-corrected chi connectivity index (χ0v) is 5.80. The van der Waals surface area contributed by atoms with Gasteiger partial charge in [-0.15, -0.1) is 0 Å². The molecule has 0 aliphatic rings. The monoisotopic (exact) mass is 125 g/mol. The fourth-order valence-electron chi connectivity index (χ4n) is 0.466. The summed E-state index contributed by atoms with van der Waals surface area (Å²) in [5, 5.41) is 8.28. The number of hydrogen-bond acceptors (Lipinski definition) is 1. The van der Waals surface area contributed by atoms with Crippen molar-refractivity contribution >= 4 is 0 Å². The van der Waals surface area contributed by atoms with Crippen LogP contribution in [0, 0.1) is 6.08 Å². The van der Waals surface area contributed by atoms with Crippen LogP contribution < -0.4 is 0 Å². The van der Waals surface area contributed by atoms with Crippen LogP contribution in [0.2, 0.25) is 0 Å². The molecule has 0 atom stereocenters. The molecule has 0 saturated carbocycles. The summed E-state index contributed by atoms with van der Waals surface area (Å²) in [6.45, 7) is 2.19. The van der Waals surface area contributed by atoms with Crippen molar-refractivity contribution in [2.45, 2.75) is 19.8 Å². The van der Waals surface area contributed by atoms with Crippen molar-refractivity contribution in [2.75, 3.05) is 6.61 Å². The Hall–Kier alpha value is -0.560. The Morgan fingerprint density at radius 1 is 1.44 bits per heavy atom. The SMILES string of the molecule is CCC=CC/[C]=C/CO. The molecule has 1 radical (unpaired) electrons. The third-order valence-electron chi connectivity index (χ3n) is 0.874. The van der Waals surface area contributed by atoms with E-state index in [0.29, 0.717) is 0 Å². The second kappa shape index (κ2) is 7.44. The maximum absolute atomic E-state index is 8.28. The Kier molecular flexibility index (Phi) is 6.98. The summed E-state index contributed by atoms with van der Waals surface area (Å²) in [6.07, 6.45) is 10.5. The summed E-state index contributed by atoms with van der Waals surface area (Å²) in [7, 11) is 0. The standard InChI is InChI=1S/C8H13O/c1-2-3-4-5-6-7-8-9/h3-4,7,9H,2,5,8H2,1H3. The molecule has 0 spiro atoms. The lowest BCUT2D eigenvalue weighted by atomic mass is 10.3. The van der Waals surface area contributed by atoms with Gasteiger partial charge in [0.05, 0.1) is 6.61 Å².